The number of aliphatic hydroxyl groups is 1. The van der Waals surface area contributed by atoms with Crippen molar-refractivity contribution >= 4 is 39.9 Å². The first kappa shape index (κ1) is 23.2. The van der Waals surface area contributed by atoms with E-state index in [1.54, 1.807) is 22.2 Å². The number of hydrogen-bond acceptors (Lipinski definition) is 7. The highest BCUT2D eigenvalue weighted by Gasteiger charge is 2.32. The molecule has 0 aliphatic heterocycles. The standard InChI is InChI=1S/C26H23ClFN7O3/c1-33-23-22(27)21(38-20-10-30-35-12-15(28)4-5-19(20)35)9-29-24(23)32-26(33)31-18-6-14(13-2-3-13)11-34(25(18)37)16-7-17(36)8-16/h4-6,9-13,16-17,36H,2-3,7-8H2,1H3,(H,29,31,32). The normalized spacial score (nSPS) is 19.2. The SMILES string of the molecule is Cn1c(Nc2cc(C3CC3)cn(C3CC(O)C3)c2=O)nc2ncc(Oc3cnn4cc(F)ccc34)c(Cl)c21. The number of aromatic nitrogens is 6. The molecule has 12 heteroatoms. The zero-order valence-electron chi connectivity index (χ0n) is 20.3. The quantitative estimate of drug-likeness (QED) is 0.325. The van der Waals surface area contributed by atoms with Gasteiger partial charge in [0.2, 0.25) is 5.95 Å². The molecular weight excluding hydrogens is 513 g/mol. The second-order valence-electron chi connectivity index (χ2n) is 9.97. The number of nitrogens with zero attached hydrogens (tertiary/aromatic N) is 6. The number of imidazole rings is 1. The van der Waals surface area contributed by atoms with Crippen molar-refractivity contribution in [1.29, 1.82) is 0 Å². The van der Waals surface area contributed by atoms with Crippen molar-refractivity contribution in [3.8, 4) is 11.5 Å². The lowest BCUT2D eigenvalue weighted by atomic mass is 9.89. The molecule has 0 amide bonds. The van der Waals surface area contributed by atoms with E-state index in [0.717, 1.165) is 18.4 Å². The molecule has 0 radical (unpaired) electrons. The summed E-state index contributed by atoms with van der Waals surface area (Å²) in [4.78, 5) is 22.3. The molecule has 0 saturated heterocycles. The third-order valence-electron chi connectivity index (χ3n) is 7.31. The molecule has 0 atom stereocenters. The van der Waals surface area contributed by atoms with E-state index >= 15 is 0 Å². The molecule has 2 aliphatic carbocycles. The van der Waals surface area contributed by atoms with Crippen LogP contribution in [0.2, 0.25) is 5.02 Å². The van der Waals surface area contributed by atoms with Gasteiger partial charge in [-0.2, -0.15) is 10.1 Å². The number of rotatable bonds is 6. The Morgan fingerprint density at radius 3 is 2.76 bits per heavy atom. The molecule has 10 nitrogen and oxygen atoms in total. The van der Waals surface area contributed by atoms with Gasteiger partial charge in [-0.15, -0.1) is 0 Å². The van der Waals surface area contributed by atoms with Crippen molar-refractivity contribution in [3.05, 3.63) is 69.7 Å². The Kier molecular flexibility index (Phi) is 5.21. The molecule has 194 valence electrons. The van der Waals surface area contributed by atoms with Gasteiger partial charge in [0.25, 0.3) is 5.56 Å². The van der Waals surface area contributed by atoms with Crippen LogP contribution in [0.25, 0.3) is 16.7 Å². The number of fused-ring (bicyclic) bond motifs is 2. The number of hydrogen-bond donors (Lipinski definition) is 2. The number of aryl methyl sites for hydroxylation is 1. The molecule has 2 fully saturated rings. The second-order valence-corrected chi connectivity index (χ2v) is 10.3. The number of ether oxygens (including phenoxy) is 1. The summed E-state index contributed by atoms with van der Waals surface area (Å²) in [6, 6.07) is 4.77. The number of nitrogens with one attached hydrogen (secondary N) is 1. The Balaban J connectivity index is 1.24. The summed E-state index contributed by atoms with van der Waals surface area (Å²) in [7, 11) is 1.78. The third-order valence-corrected chi connectivity index (χ3v) is 7.68. The molecule has 0 aromatic carbocycles. The highest BCUT2D eigenvalue weighted by Crippen LogP contribution is 2.42. The van der Waals surface area contributed by atoms with Crippen LogP contribution in [0.5, 0.6) is 11.5 Å². The van der Waals surface area contributed by atoms with E-state index in [4.69, 9.17) is 16.3 Å². The third kappa shape index (κ3) is 3.81. The molecule has 7 rings (SSSR count). The van der Waals surface area contributed by atoms with E-state index < -0.39 is 5.82 Å². The summed E-state index contributed by atoms with van der Waals surface area (Å²) in [5.41, 5.74) is 2.84. The van der Waals surface area contributed by atoms with Gasteiger partial charge in [0.15, 0.2) is 17.1 Å². The van der Waals surface area contributed by atoms with Gasteiger partial charge >= 0.3 is 0 Å². The average molecular weight is 536 g/mol. The van der Waals surface area contributed by atoms with Gasteiger partial charge in [-0.05, 0) is 55.4 Å². The van der Waals surface area contributed by atoms with Gasteiger partial charge in [0.05, 0.1) is 24.7 Å². The Morgan fingerprint density at radius 1 is 1.18 bits per heavy atom. The molecule has 5 aromatic rings. The minimum Gasteiger partial charge on any atom is -0.450 e. The van der Waals surface area contributed by atoms with Crippen LogP contribution in [0.3, 0.4) is 0 Å². The van der Waals surface area contributed by atoms with Crippen LogP contribution in [-0.2, 0) is 7.05 Å². The van der Waals surface area contributed by atoms with Crippen LogP contribution in [0.4, 0.5) is 16.0 Å². The molecule has 0 spiro atoms. The smallest absolute Gasteiger partial charge is 0.274 e. The Bertz CT molecular complexity index is 1790. The van der Waals surface area contributed by atoms with Crippen LogP contribution >= 0.6 is 11.6 Å². The van der Waals surface area contributed by atoms with Gasteiger partial charge in [-0.3, -0.25) is 4.79 Å². The first-order valence-electron chi connectivity index (χ1n) is 12.4. The highest BCUT2D eigenvalue weighted by molar-refractivity contribution is 6.36. The Morgan fingerprint density at radius 2 is 2.00 bits per heavy atom. The topological polar surface area (TPSA) is 112 Å². The Hall–Kier alpha value is -3.96. The van der Waals surface area contributed by atoms with Crippen molar-refractivity contribution in [1.82, 2.24) is 28.7 Å². The fourth-order valence-electron chi connectivity index (χ4n) is 4.96. The highest BCUT2D eigenvalue weighted by atomic mass is 35.5. The minimum atomic E-state index is -0.414. The Labute approximate surface area is 220 Å². The zero-order valence-corrected chi connectivity index (χ0v) is 21.1. The van der Waals surface area contributed by atoms with Crippen molar-refractivity contribution < 1.29 is 14.2 Å². The number of anilines is 2. The fourth-order valence-corrected chi connectivity index (χ4v) is 5.26. The molecule has 2 saturated carbocycles. The molecule has 2 aliphatic rings. The number of halogens is 2. The largest absolute Gasteiger partial charge is 0.450 e. The van der Waals surface area contributed by atoms with Gasteiger partial charge in [-0.1, -0.05) is 11.6 Å². The van der Waals surface area contributed by atoms with Gasteiger partial charge in [-0.25, -0.2) is 13.9 Å². The lowest BCUT2D eigenvalue weighted by molar-refractivity contribution is 0.0471. The summed E-state index contributed by atoms with van der Waals surface area (Å²) in [5.74, 6) is 1.12. The van der Waals surface area contributed by atoms with Crippen LogP contribution in [0.1, 0.15) is 43.2 Å². The first-order valence-corrected chi connectivity index (χ1v) is 12.8. The molecule has 0 bridgehead atoms. The lowest BCUT2D eigenvalue weighted by Gasteiger charge is -2.33. The van der Waals surface area contributed by atoms with Gasteiger partial charge < -0.3 is 24.3 Å². The number of pyridine rings is 3. The number of aliphatic hydroxyl groups excluding tert-OH is 1. The van der Waals surface area contributed by atoms with Gasteiger partial charge in [0, 0.05) is 19.3 Å². The average Bonchev–Trinajstić information content (AvgIpc) is 3.58. The summed E-state index contributed by atoms with van der Waals surface area (Å²) in [5, 5.41) is 17.4. The molecule has 5 heterocycles. The zero-order chi connectivity index (χ0) is 26.1. The maximum absolute atomic E-state index is 13.5. The molecule has 38 heavy (non-hydrogen) atoms. The monoisotopic (exact) mass is 535 g/mol. The van der Waals surface area contributed by atoms with Crippen molar-refractivity contribution in [2.45, 2.75) is 43.7 Å². The predicted molar refractivity (Wildman–Crippen MR) is 139 cm³/mol. The summed E-state index contributed by atoms with van der Waals surface area (Å²) >= 11 is 6.74. The van der Waals surface area contributed by atoms with Crippen molar-refractivity contribution in [2.75, 3.05) is 5.32 Å². The van der Waals surface area contributed by atoms with Gasteiger partial charge in [0.1, 0.15) is 27.6 Å². The first-order chi connectivity index (χ1) is 18.4. The van der Waals surface area contributed by atoms with Crippen LogP contribution in [0.15, 0.2) is 47.8 Å². The molecule has 2 N–H and O–H groups in total. The van der Waals surface area contributed by atoms with Crippen LogP contribution in [-0.4, -0.2) is 39.9 Å². The van der Waals surface area contributed by atoms with E-state index in [0.29, 0.717) is 52.8 Å². The van der Waals surface area contributed by atoms with E-state index in [-0.39, 0.29) is 28.5 Å². The maximum Gasteiger partial charge on any atom is 0.274 e. The van der Waals surface area contributed by atoms with Crippen molar-refractivity contribution in [2.24, 2.45) is 7.05 Å². The van der Waals surface area contributed by atoms with Crippen molar-refractivity contribution in [3.63, 3.8) is 0 Å². The molecule has 5 aromatic heterocycles. The lowest BCUT2D eigenvalue weighted by Crippen LogP contribution is -2.37. The maximum atomic E-state index is 13.5. The van der Waals surface area contributed by atoms with E-state index in [1.165, 1.54) is 29.2 Å². The predicted octanol–water partition coefficient (Wildman–Crippen LogP) is 4.68. The second kappa shape index (κ2) is 8.53. The molecule has 0 unspecified atom stereocenters. The summed E-state index contributed by atoms with van der Waals surface area (Å²) in [6.45, 7) is 0. The summed E-state index contributed by atoms with van der Waals surface area (Å²) in [6.07, 6.45) is 9.12. The van der Waals surface area contributed by atoms with E-state index in [9.17, 15) is 14.3 Å². The minimum absolute atomic E-state index is 0.00979. The van der Waals surface area contributed by atoms with Crippen LogP contribution in [0, 0.1) is 5.82 Å². The van der Waals surface area contributed by atoms with Crippen LogP contribution < -0.4 is 15.6 Å². The molecular formula is C26H23ClFN7O3. The van der Waals surface area contributed by atoms with E-state index in [1.807, 2.05) is 12.3 Å². The summed E-state index contributed by atoms with van der Waals surface area (Å²) < 4.78 is 24.4. The fraction of sp³-hybridized carbons (Fsp3) is 0.308. The van der Waals surface area contributed by atoms with E-state index in [2.05, 4.69) is 20.4 Å².